The predicted octanol–water partition coefficient (Wildman–Crippen LogP) is 7.32. The molecule has 0 N–H and O–H groups in total. The first-order valence-corrected chi connectivity index (χ1v) is 10.5. The maximum Gasteiger partial charge on any atom is 0.0559 e. The highest BCUT2D eigenvalue weighted by atomic mass is 15.2. The van der Waals surface area contributed by atoms with Crippen molar-refractivity contribution in [1.82, 2.24) is 0 Å². The van der Waals surface area contributed by atoms with Gasteiger partial charge in [0.2, 0.25) is 0 Å². The Balaban J connectivity index is 1.65. The lowest BCUT2D eigenvalue weighted by molar-refractivity contribution is 0.659. The Bertz CT molecular complexity index is 1120. The summed E-state index contributed by atoms with van der Waals surface area (Å²) in [6.45, 7) is 6.84. The van der Waals surface area contributed by atoms with Crippen LogP contribution in [0.2, 0.25) is 0 Å². The van der Waals surface area contributed by atoms with Crippen LogP contribution in [0.15, 0.2) is 91.0 Å². The van der Waals surface area contributed by atoms with Crippen LogP contribution in [0.25, 0.3) is 11.1 Å². The van der Waals surface area contributed by atoms with E-state index in [2.05, 4.69) is 117 Å². The Morgan fingerprint density at radius 1 is 0.793 bits per heavy atom. The summed E-state index contributed by atoms with van der Waals surface area (Å²) >= 11 is 0. The van der Waals surface area contributed by atoms with Crippen LogP contribution in [-0.4, -0.2) is 6.04 Å². The first-order valence-electron chi connectivity index (χ1n) is 10.5. The van der Waals surface area contributed by atoms with Crippen molar-refractivity contribution in [2.45, 2.75) is 38.6 Å². The highest BCUT2D eigenvalue weighted by molar-refractivity contribution is 5.83. The van der Waals surface area contributed by atoms with Crippen molar-refractivity contribution in [1.29, 1.82) is 0 Å². The fourth-order valence-electron chi connectivity index (χ4n) is 4.84. The number of allylic oxidation sites excluding steroid dienone is 2. The molecule has 144 valence electrons. The molecule has 2 aliphatic carbocycles. The number of hydrogen-bond donors (Lipinski definition) is 0. The second-order valence-electron chi connectivity index (χ2n) is 8.72. The number of hydrogen-bond acceptors (Lipinski definition) is 1. The van der Waals surface area contributed by atoms with E-state index >= 15 is 0 Å². The molecule has 0 aromatic heterocycles. The summed E-state index contributed by atoms with van der Waals surface area (Å²) in [5.74, 6) is 0. The minimum absolute atomic E-state index is 0.0171. The Morgan fingerprint density at radius 3 is 2.28 bits per heavy atom. The third kappa shape index (κ3) is 2.93. The van der Waals surface area contributed by atoms with Gasteiger partial charge < -0.3 is 4.90 Å². The normalized spacial score (nSPS) is 18.4. The second-order valence-corrected chi connectivity index (χ2v) is 8.72. The van der Waals surface area contributed by atoms with Crippen molar-refractivity contribution in [3.8, 4) is 11.1 Å². The second kappa shape index (κ2) is 6.77. The molecule has 0 fully saturated rings. The zero-order valence-corrected chi connectivity index (χ0v) is 17.4. The third-order valence-corrected chi connectivity index (χ3v) is 6.45. The van der Waals surface area contributed by atoms with Gasteiger partial charge in [0.15, 0.2) is 0 Å². The summed E-state index contributed by atoms with van der Waals surface area (Å²) in [5.41, 5.74) is 9.41. The summed E-state index contributed by atoms with van der Waals surface area (Å²) in [6.07, 6.45) is 9.91. The largest absolute Gasteiger partial charge is 0.334 e. The molecule has 0 saturated heterocycles. The number of rotatable bonds is 3. The quantitative estimate of drug-likeness (QED) is 0.462. The van der Waals surface area contributed by atoms with Gasteiger partial charge in [-0.05, 0) is 59.9 Å². The van der Waals surface area contributed by atoms with Crippen molar-refractivity contribution in [2.24, 2.45) is 0 Å². The Morgan fingerprint density at radius 2 is 1.52 bits per heavy atom. The molecule has 0 spiro atoms. The van der Waals surface area contributed by atoms with Gasteiger partial charge in [0, 0.05) is 16.8 Å². The van der Waals surface area contributed by atoms with Gasteiger partial charge >= 0.3 is 0 Å². The Labute approximate surface area is 174 Å². The van der Waals surface area contributed by atoms with Crippen molar-refractivity contribution in [2.75, 3.05) is 4.90 Å². The molecule has 2 aliphatic rings. The average Bonchev–Trinajstić information content (AvgIpc) is 2.98. The number of aryl methyl sites for hydroxylation is 1. The van der Waals surface area contributed by atoms with E-state index in [1.54, 1.807) is 0 Å². The number of benzene rings is 3. The first kappa shape index (κ1) is 18.0. The van der Waals surface area contributed by atoms with Crippen LogP contribution in [0.1, 0.15) is 37.0 Å². The maximum absolute atomic E-state index is 2.48. The van der Waals surface area contributed by atoms with E-state index in [-0.39, 0.29) is 5.41 Å². The summed E-state index contributed by atoms with van der Waals surface area (Å²) in [5, 5.41) is 0. The van der Waals surface area contributed by atoms with Crippen LogP contribution in [0.3, 0.4) is 0 Å². The molecular weight excluding hydrogens is 350 g/mol. The van der Waals surface area contributed by atoms with Gasteiger partial charge in [-0.3, -0.25) is 0 Å². The van der Waals surface area contributed by atoms with E-state index in [1.165, 1.54) is 39.2 Å². The maximum atomic E-state index is 2.48. The van der Waals surface area contributed by atoms with Gasteiger partial charge in [-0.2, -0.15) is 0 Å². The van der Waals surface area contributed by atoms with Crippen LogP contribution >= 0.6 is 0 Å². The van der Waals surface area contributed by atoms with E-state index in [9.17, 15) is 0 Å². The van der Waals surface area contributed by atoms with Crippen molar-refractivity contribution < 1.29 is 0 Å². The van der Waals surface area contributed by atoms with Crippen LogP contribution in [0.4, 0.5) is 11.4 Å². The molecule has 5 rings (SSSR count). The van der Waals surface area contributed by atoms with Gasteiger partial charge in [0.25, 0.3) is 0 Å². The zero-order chi connectivity index (χ0) is 20.0. The minimum Gasteiger partial charge on any atom is -0.334 e. The standard InChI is InChI=1S/C28H27N/c1-20-13-15-22(16-14-20)29(21-9-5-4-6-10-21)23-17-18-25-24-11-7-8-12-26(24)28(2,3)27(25)19-23/h4-9,11-19,21H,10H2,1-3H3. The van der Waals surface area contributed by atoms with E-state index in [0.29, 0.717) is 6.04 Å². The van der Waals surface area contributed by atoms with Crippen molar-refractivity contribution >= 4 is 11.4 Å². The highest BCUT2D eigenvalue weighted by Gasteiger charge is 2.35. The molecule has 0 bridgehead atoms. The molecule has 1 heteroatoms. The summed E-state index contributed by atoms with van der Waals surface area (Å²) < 4.78 is 0. The minimum atomic E-state index is 0.0171. The molecule has 1 nitrogen and oxygen atoms in total. The van der Waals surface area contributed by atoms with Crippen molar-refractivity contribution in [3.63, 3.8) is 0 Å². The Kier molecular flexibility index (Phi) is 4.20. The fraction of sp³-hybridized carbons (Fsp3) is 0.214. The molecule has 1 unspecified atom stereocenters. The first-order chi connectivity index (χ1) is 14.1. The molecule has 3 aromatic rings. The van der Waals surface area contributed by atoms with Crippen molar-refractivity contribution in [3.05, 3.63) is 108 Å². The number of anilines is 2. The van der Waals surface area contributed by atoms with Crippen LogP contribution in [0, 0.1) is 6.92 Å². The molecule has 1 atom stereocenters. The van der Waals surface area contributed by atoms with Crippen LogP contribution in [-0.2, 0) is 5.41 Å². The molecule has 29 heavy (non-hydrogen) atoms. The summed E-state index contributed by atoms with van der Waals surface area (Å²) in [7, 11) is 0. The van der Waals surface area contributed by atoms with Crippen LogP contribution < -0.4 is 4.90 Å². The smallest absolute Gasteiger partial charge is 0.0559 e. The summed E-state index contributed by atoms with van der Waals surface area (Å²) in [4.78, 5) is 2.48. The zero-order valence-electron chi connectivity index (χ0n) is 17.4. The molecular formula is C28H27N. The topological polar surface area (TPSA) is 3.24 Å². The van der Waals surface area contributed by atoms with E-state index < -0.39 is 0 Å². The lowest BCUT2D eigenvalue weighted by Gasteiger charge is -2.33. The highest BCUT2D eigenvalue weighted by Crippen LogP contribution is 2.50. The lowest BCUT2D eigenvalue weighted by atomic mass is 9.82. The molecule has 0 amide bonds. The predicted molar refractivity (Wildman–Crippen MR) is 124 cm³/mol. The molecule has 0 heterocycles. The van der Waals surface area contributed by atoms with E-state index in [4.69, 9.17) is 0 Å². The Hall–Kier alpha value is -3.06. The molecule has 0 aliphatic heterocycles. The lowest BCUT2D eigenvalue weighted by Crippen LogP contribution is -2.30. The molecule has 0 radical (unpaired) electrons. The van der Waals surface area contributed by atoms with Gasteiger partial charge in [0.1, 0.15) is 0 Å². The SMILES string of the molecule is Cc1ccc(N(c2ccc3c(c2)C(C)(C)c2ccccc2-3)C2C=CC=CC2)cc1. The fourth-order valence-corrected chi connectivity index (χ4v) is 4.84. The molecule has 3 aromatic carbocycles. The average molecular weight is 378 g/mol. The van der Waals surface area contributed by atoms with Gasteiger partial charge in [-0.1, -0.05) is 86.2 Å². The molecule has 0 saturated carbocycles. The van der Waals surface area contributed by atoms with E-state index in [1.807, 2.05) is 0 Å². The summed E-state index contributed by atoms with van der Waals surface area (Å²) in [6, 6.07) is 25.1. The van der Waals surface area contributed by atoms with Crippen LogP contribution in [0.5, 0.6) is 0 Å². The van der Waals surface area contributed by atoms with E-state index in [0.717, 1.165) is 6.42 Å². The third-order valence-electron chi connectivity index (χ3n) is 6.45. The number of fused-ring (bicyclic) bond motifs is 3. The monoisotopic (exact) mass is 377 g/mol. The van der Waals surface area contributed by atoms with Gasteiger partial charge in [-0.15, -0.1) is 0 Å². The van der Waals surface area contributed by atoms with Gasteiger partial charge in [-0.25, -0.2) is 0 Å². The number of nitrogens with zero attached hydrogens (tertiary/aromatic N) is 1. The van der Waals surface area contributed by atoms with Gasteiger partial charge in [0.05, 0.1) is 6.04 Å².